The summed E-state index contributed by atoms with van der Waals surface area (Å²) in [5.41, 5.74) is 0.322. The van der Waals surface area contributed by atoms with E-state index in [1.807, 2.05) is 20.8 Å². The van der Waals surface area contributed by atoms with Crippen LogP contribution in [0.4, 0.5) is 5.69 Å². The van der Waals surface area contributed by atoms with Crippen molar-refractivity contribution in [3.05, 3.63) is 23.8 Å². The molecule has 0 aromatic heterocycles. The van der Waals surface area contributed by atoms with Crippen molar-refractivity contribution in [3.63, 3.8) is 0 Å². The summed E-state index contributed by atoms with van der Waals surface area (Å²) in [6, 6.07) is 4.06. The SMILES string of the molecule is CCCCNS(=O)(=O)c1cc(C(=O)O)ccc1NCCCOC(C)C. The van der Waals surface area contributed by atoms with Crippen molar-refractivity contribution in [1.82, 2.24) is 4.72 Å². The smallest absolute Gasteiger partial charge is 0.335 e. The Hall–Kier alpha value is -1.64. The molecule has 0 saturated heterocycles. The van der Waals surface area contributed by atoms with Gasteiger partial charge >= 0.3 is 5.97 Å². The van der Waals surface area contributed by atoms with Crippen LogP contribution in [0.1, 0.15) is 50.4 Å². The molecule has 0 aliphatic carbocycles. The minimum Gasteiger partial charge on any atom is -0.478 e. The lowest BCUT2D eigenvalue weighted by Crippen LogP contribution is -2.26. The number of unbranched alkanes of at least 4 members (excludes halogenated alkanes) is 1. The molecule has 0 saturated carbocycles. The number of carboxylic acids is 1. The van der Waals surface area contributed by atoms with Gasteiger partial charge < -0.3 is 15.2 Å². The van der Waals surface area contributed by atoms with E-state index >= 15 is 0 Å². The molecule has 8 heteroatoms. The third-order valence-corrected chi connectivity index (χ3v) is 4.93. The maximum atomic E-state index is 12.5. The van der Waals surface area contributed by atoms with Gasteiger partial charge in [-0.2, -0.15) is 0 Å². The summed E-state index contributed by atoms with van der Waals surface area (Å²) in [6.45, 7) is 7.27. The molecule has 0 aliphatic heterocycles. The van der Waals surface area contributed by atoms with E-state index in [0.29, 0.717) is 38.2 Å². The average Bonchev–Trinajstić information content (AvgIpc) is 2.54. The van der Waals surface area contributed by atoms with E-state index in [-0.39, 0.29) is 16.6 Å². The monoisotopic (exact) mass is 372 g/mol. The van der Waals surface area contributed by atoms with Gasteiger partial charge in [-0.3, -0.25) is 0 Å². The molecule has 0 heterocycles. The lowest BCUT2D eigenvalue weighted by Gasteiger charge is -2.14. The van der Waals surface area contributed by atoms with Gasteiger partial charge in [0.2, 0.25) is 10.0 Å². The van der Waals surface area contributed by atoms with Crippen LogP contribution in [0.25, 0.3) is 0 Å². The molecule has 0 bridgehead atoms. The lowest BCUT2D eigenvalue weighted by atomic mass is 10.2. The van der Waals surface area contributed by atoms with E-state index in [0.717, 1.165) is 6.42 Å². The molecule has 25 heavy (non-hydrogen) atoms. The van der Waals surface area contributed by atoms with Crippen LogP contribution >= 0.6 is 0 Å². The molecule has 1 aromatic rings. The number of carboxylic acid groups (broad SMARTS) is 1. The van der Waals surface area contributed by atoms with Crippen LogP contribution in [0.15, 0.2) is 23.1 Å². The highest BCUT2D eigenvalue weighted by atomic mass is 32.2. The van der Waals surface area contributed by atoms with Gasteiger partial charge in [0.25, 0.3) is 0 Å². The van der Waals surface area contributed by atoms with Crippen LogP contribution in [0.2, 0.25) is 0 Å². The maximum Gasteiger partial charge on any atom is 0.335 e. The van der Waals surface area contributed by atoms with Crippen LogP contribution in [0, 0.1) is 0 Å². The molecule has 0 spiro atoms. The highest BCUT2D eigenvalue weighted by Gasteiger charge is 2.20. The molecule has 0 atom stereocenters. The summed E-state index contributed by atoms with van der Waals surface area (Å²) in [7, 11) is -3.78. The van der Waals surface area contributed by atoms with E-state index in [2.05, 4.69) is 10.0 Å². The van der Waals surface area contributed by atoms with Crippen molar-refractivity contribution in [2.75, 3.05) is 25.0 Å². The van der Waals surface area contributed by atoms with Crippen molar-refractivity contribution >= 4 is 21.7 Å². The Bertz CT molecular complexity index is 659. The number of hydrogen-bond acceptors (Lipinski definition) is 5. The molecule has 1 rings (SSSR count). The molecule has 0 amide bonds. The lowest BCUT2D eigenvalue weighted by molar-refractivity contribution is 0.0696. The summed E-state index contributed by atoms with van der Waals surface area (Å²) in [6.07, 6.45) is 2.43. The Balaban J connectivity index is 2.90. The van der Waals surface area contributed by atoms with Crippen molar-refractivity contribution in [1.29, 1.82) is 0 Å². The van der Waals surface area contributed by atoms with Crippen LogP contribution in [-0.2, 0) is 14.8 Å². The Morgan fingerprint density at radius 3 is 2.56 bits per heavy atom. The van der Waals surface area contributed by atoms with Gasteiger partial charge in [0.15, 0.2) is 0 Å². The molecule has 7 nitrogen and oxygen atoms in total. The summed E-state index contributed by atoms with van der Waals surface area (Å²) in [4.78, 5) is 11.1. The molecule has 0 radical (unpaired) electrons. The first kappa shape index (κ1) is 21.4. The predicted octanol–water partition coefficient (Wildman–Crippen LogP) is 2.69. The number of benzene rings is 1. The zero-order valence-corrected chi connectivity index (χ0v) is 15.9. The molecule has 1 aromatic carbocycles. The van der Waals surface area contributed by atoms with Crippen molar-refractivity contribution in [2.24, 2.45) is 0 Å². The second-order valence-corrected chi connectivity index (χ2v) is 7.70. The predicted molar refractivity (Wildman–Crippen MR) is 97.7 cm³/mol. The molecule has 0 unspecified atom stereocenters. The molecular weight excluding hydrogens is 344 g/mol. The first-order valence-electron chi connectivity index (χ1n) is 8.50. The van der Waals surface area contributed by atoms with Gasteiger partial charge in [0.1, 0.15) is 4.90 Å². The van der Waals surface area contributed by atoms with Crippen LogP contribution in [0.5, 0.6) is 0 Å². The van der Waals surface area contributed by atoms with Crippen molar-refractivity contribution in [3.8, 4) is 0 Å². The standard InChI is InChI=1S/C17H28N2O5S/c1-4-5-10-19-25(22,23)16-12-14(17(20)21)7-8-15(16)18-9-6-11-24-13(2)3/h7-8,12-13,18-19H,4-6,9-11H2,1-3H3,(H,20,21). The Kier molecular flexibility index (Phi) is 8.88. The van der Waals surface area contributed by atoms with Crippen LogP contribution in [-0.4, -0.2) is 45.3 Å². The summed E-state index contributed by atoms with van der Waals surface area (Å²) in [5, 5.41) is 12.2. The second-order valence-electron chi connectivity index (χ2n) is 5.97. The number of hydrogen-bond donors (Lipinski definition) is 3. The van der Waals surface area contributed by atoms with Crippen LogP contribution < -0.4 is 10.0 Å². The maximum absolute atomic E-state index is 12.5. The third kappa shape index (κ3) is 7.41. The Morgan fingerprint density at radius 2 is 1.96 bits per heavy atom. The quantitative estimate of drug-likeness (QED) is 0.487. The fourth-order valence-corrected chi connectivity index (χ4v) is 3.38. The number of ether oxygens (including phenoxy) is 1. The van der Waals surface area contributed by atoms with Crippen molar-refractivity contribution in [2.45, 2.75) is 51.0 Å². The highest BCUT2D eigenvalue weighted by molar-refractivity contribution is 7.89. The van der Waals surface area contributed by atoms with E-state index < -0.39 is 16.0 Å². The van der Waals surface area contributed by atoms with Gasteiger partial charge in [-0.15, -0.1) is 0 Å². The number of sulfonamides is 1. The Labute approximate surface area is 149 Å². The highest BCUT2D eigenvalue weighted by Crippen LogP contribution is 2.23. The number of carbonyl (C=O) groups is 1. The fraction of sp³-hybridized carbons (Fsp3) is 0.588. The van der Waals surface area contributed by atoms with Crippen molar-refractivity contribution < 1.29 is 23.1 Å². The molecular formula is C17H28N2O5S. The van der Waals surface area contributed by atoms with Gasteiger partial charge in [-0.1, -0.05) is 13.3 Å². The zero-order valence-electron chi connectivity index (χ0n) is 15.0. The molecule has 3 N–H and O–H groups in total. The average molecular weight is 372 g/mol. The molecule has 142 valence electrons. The van der Waals surface area contributed by atoms with E-state index in [9.17, 15) is 13.2 Å². The Morgan fingerprint density at radius 1 is 1.24 bits per heavy atom. The van der Waals surface area contributed by atoms with Gasteiger partial charge in [0.05, 0.1) is 17.4 Å². The zero-order chi connectivity index (χ0) is 18.9. The fourth-order valence-electron chi connectivity index (χ4n) is 2.10. The number of anilines is 1. The largest absolute Gasteiger partial charge is 0.478 e. The topological polar surface area (TPSA) is 105 Å². The van der Waals surface area contributed by atoms with Gasteiger partial charge in [-0.25, -0.2) is 17.9 Å². The van der Waals surface area contributed by atoms with E-state index in [1.54, 1.807) is 0 Å². The first-order valence-corrected chi connectivity index (χ1v) is 9.98. The van der Waals surface area contributed by atoms with Crippen LogP contribution in [0.3, 0.4) is 0 Å². The summed E-state index contributed by atoms with van der Waals surface area (Å²) in [5.74, 6) is -1.16. The number of rotatable bonds is 12. The molecule has 0 aliphatic rings. The summed E-state index contributed by atoms with van der Waals surface area (Å²) < 4.78 is 33.0. The summed E-state index contributed by atoms with van der Waals surface area (Å²) >= 11 is 0. The normalized spacial score (nSPS) is 11.7. The molecule has 0 fully saturated rings. The van der Waals surface area contributed by atoms with Gasteiger partial charge in [-0.05, 0) is 44.9 Å². The minimum atomic E-state index is -3.78. The number of aromatic carboxylic acids is 1. The second kappa shape index (κ2) is 10.4. The van der Waals surface area contributed by atoms with E-state index in [4.69, 9.17) is 9.84 Å². The number of nitrogens with one attached hydrogen (secondary N) is 2. The van der Waals surface area contributed by atoms with Gasteiger partial charge in [0, 0.05) is 19.7 Å². The van der Waals surface area contributed by atoms with E-state index in [1.165, 1.54) is 18.2 Å². The third-order valence-electron chi connectivity index (χ3n) is 3.43. The minimum absolute atomic E-state index is 0.0479. The first-order chi connectivity index (χ1) is 11.8.